The molecule has 6 amide bonds. The third kappa shape index (κ3) is 3.40. The number of likely N-dealkylation sites (tertiary alicyclic amines) is 1. The van der Waals surface area contributed by atoms with Gasteiger partial charge in [0.25, 0.3) is 0 Å². The number of hydrogen-bond acceptors (Lipinski definition) is 5. The van der Waals surface area contributed by atoms with Gasteiger partial charge in [-0.05, 0) is 24.7 Å². The molecular weight excluding hydrogens is 395 g/mol. The lowest BCUT2D eigenvalue weighted by atomic mass is 9.92. The number of rotatable bonds is 6. The van der Waals surface area contributed by atoms with Crippen LogP contribution in [0.4, 0.5) is 9.18 Å². The molecule has 2 bridgehead atoms. The van der Waals surface area contributed by atoms with Crippen LogP contribution in [0.2, 0.25) is 0 Å². The second-order valence-corrected chi connectivity index (χ2v) is 8.19. The van der Waals surface area contributed by atoms with Gasteiger partial charge in [-0.1, -0.05) is 18.2 Å². The highest BCUT2D eigenvalue weighted by Crippen LogP contribution is 2.43. The molecule has 2 heterocycles. The maximum atomic E-state index is 14.5. The second-order valence-electron chi connectivity index (χ2n) is 8.19. The van der Waals surface area contributed by atoms with Crippen LogP contribution in [0, 0.1) is 17.8 Å². The largest absolute Gasteiger partial charge is 0.348 e. The van der Waals surface area contributed by atoms with Gasteiger partial charge in [-0.2, -0.15) is 0 Å². The number of alkyl halides is 1. The first-order valence-corrected chi connectivity index (χ1v) is 9.99. The SMILES string of the molecule is C=CCN1C(=O)C(=O)N(CC(=O)N2C[C@@H](F)[C@@H](NC(=O)[C@@H]3C[C@@H]4C=C[C@H]3C4)C2)C1=O. The molecule has 1 N–H and O–H groups in total. The highest BCUT2D eigenvalue weighted by molar-refractivity contribution is 6.45. The van der Waals surface area contributed by atoms with Gasteiger partial charge in [0.2, 0.25) is 11.8 Å². The number of fused-ring (bicyclic) bond motifs is 2. The van der Waals surface area contributed by atoms with Crippen molar-refractivity contribution in [1.82, 2.24) is 20.0 Å². The van der Waals surface area contributed by atoms with Crippen molar-refractivity contribution in [3.63, 3.8) is 0 Å². The van der Waals surface area contributed by atoms with Crippen LogP contribution in [-0.2, 0) is 19.2 Å². The molecule has 4 aliphatic rings. The molecule has 0 aromatic heterocycles. The van der Waals surface area contributed by atoms with Crippen molar-refractivity contribution < 1.29 is 28.4 Å². The minimum Gasteiger partial charge on any atom is -0.348 e. The lowest BCUT2D eigenvalue weighted by Crippen LogP contribution is -2.46. The molecular formula is C20H23FN4O5. The first-order chi connectivity index (χ1) is 14.3. The monoisotopic (exact) mass is 418 g/mol. The van der Waals surface area contributed by atoms with Crippen LogP contribution in [0.1, 0.15) is 12.8 Å². The maximum Gasteiger partial charge on any atom is 0.335 e. The molecule has 160 valence electrons. The van der Waals surface area contributed by atoms with Gasteiger partial charge < -0.3 is 10.2 Å². The molecule has 0 spiro atoms. The number of carbonyl (C=O) groups excluding carboxylic acids is 5. The van der Waals surface area contributed by atoms with Crippen LogP contribution in [0.3, 0.4) is 0 Å². The molecule has 10 heteroatoms. The Bertz CT molecular complexity index is 858. The van der Waals surface area contributed by atoms with E-state index in [9.17, 15) is 28.4 Å². The van der Waals surface area contributed by atoms with E-state index in [1.807, 2.05) is 6.08 Å². The average Bonchev–Trinajstić information content (AvgIpc) is 3.47. The van der Waals surface area contributed by atoms with E-state index in [1.165, 1.54) is 6.08 Å². The zero-order chi connectivity index (χ0) is 21.6. The molecule has 2 saturated heterocycles. The molecule has 0 unspecified atom stereocenters. The lowest BCUT2D eigenvalue weighted by Gasteiger charge is -2.22. The first kappa shape index (κ1) is 20.2. The van der Waals surface area contributed by atoms with E-state index >= 15 is 0 Å². The highest BCUT2D eigenvalue weighted by Gasteiger charge is 2.47. The van der Waals surface area contributed by atoms with E-state index in [0.29, 0.717) is 15.7 Å². The average molecular weight is 418 g/mol. The van der Waals surface area contributed by atoms with Crippen LogP contribution in [0.5, 0.6) is 0 Å². The quantitative estimate of drug-likeness (QED) is 0.367. The molecule has 1 saturated carbocycles. The van der Waals surface area contributed by atoms with Crippen molar-refractivity contribution >= 4 is 29.7 Å². The van der Waals surface area contributed by atoms with Crippen LogP contribution < -0.4 is 5.32 Å². The Morgan fingerprint density at radius 2 is 1.87 bits per heavy atom. The number of halogens is 1. The summed E-state index contributed by atoms with van der Waals surface area (Å²) in [5.41, 5.74) is 0. The van der Waals surface area contributed by atoms with Crippen molar-refractivity contribution in [2.75, 3.05) is 26.2 Å². The Kier molecular flexibility index (Phi) is 5.17. The summed E-state index contributed by atoms with van der Waals surface area (Å²) < 4.78 is 14.5. The first-order valence-electron chi connectivity index (χ1n) is 9.99. The summed E-state index contributed by atoms with van der Waals surface area (Å²) in [6.45, 7) is 2.32. The molecule has 2 aliphatic carbocycles. The van der Waals surface area contributed by atoms with Gasteiger partial charge in [0.15, 0.2) is 0 Å². The fourth-order valence-electron chi connectivity index (χ4n) is 4.69. The highest BCUT2D eigenvalue weighted by atomic mass is 19.1. The molecule has 3 fully saturated rings. The molecule has 5 atom stereocenters. The zero-order valence-corrected chi connectivity index (χ0v) is 16.3. The van der Waals surface area contributed by atoms with Crippen LogP contribution in [-0.4, -0.2) is 82.8 Å². The number of carbonyl (C=O) groups is 5. The minimum atomic E-state index is -1.45. The third-order valence-corrected chi connectivity index (χ3v) is 6.28. The summed E-state index contributed by atoms with van der Waals surface area (Å²) in [5, 5.41) is 2.72. The lowest BCUT2D eigenvalue weighted by molar-refractivity contribution is -0.144. The van der Waals surface area contributed by atoms with Gasteiger partial charge in [0, 0.05) is 19.0 Å². The van der Waals surface area contributed by atoms with Gasteiger partial charge in [-0.3, -0.25) is 24.1 Å². The van der Waals surface area contributed by atoms with Gasteiger partial charge >= 0.3 is 17.8 Å². The molecule has 0 aromatic rings. The number of nitrogens with zero attached hydrogens (tertiary/aromatic N) is 3. The number of urea groups is 1. The standard InChI is InChI=1S/C20H23FN4O5/c1-2-5-24-18(28)19(29)25(20(24)30)10-16(26)23-8-14(21)15(9-23)22-17(27)13-7-11-3-4-12(13)6-11/h2-4,11-15H,1,5-10H2,(H,22,27)/t11-,12+,13-,14-,15+/m1/s1. The number of allylic oxidation sites excluding steroid dienone is 2. The summed E-state index contributed by atoms with van der Waals surface area (Å²) in [6.07, 6.45) is 5.71. The molecule has 0 aromatic carbocycles. The van der Waals surface area contributed by atoms with E-state index in [0.717, 1.165) is 17.7 Å². The zero-order valence-electron chi connectivity index (χ0n) is 16.3. The maximum absolute atomic E-state index is 14.5. The Hall–Kier alpha value is -3.04. The molecule has 2 aliphatic heterocycles. The predicted molar refractivity (Wildman–Crippen MR) is 101 cm³/mol. The van der Waals surface area contributed by atoms with Gasteiger partial charge in [-0.25, -0.2) is 14.1 Å². The van der Waals surface area contributed by atoms with Crippen molar-refractivity contribution in [3.05, 3.63) is 24.8 Å². The van der Waals surface area contributed by atoms with Crippen molar-refractivity contribution in [2.45, 2.75) is 25.1 Å². The molecule has 9 nitrogen and oxygen atoms in total. The Morgan fingerprint density at radius 3 is 2.50 bits per heavy atom. The van der Waals surface area contributed by atoms with Gasteiger partial charge in [0.05, 0.1) is 12.6 Å². The Labute approximate surface area is 172 Å². The minimum absolute atomic E-state index is 0.0526. The van der Waals surface area contributed by atoms with Gasteiger partial charge in [-0.15, -0.1) is 6.58 Å². The summed E-state index contributed by atoms with van der Waals surface area (Å²) in [5.74, 6) is -2.55. The van der Waals surface area contributed by atoms with E-state index < -0.39 is 42.5 Å². The number of amides is 6. The fraction of sp³-hybridized carbons (Fsp3) is 0.550. The predicted octanol–water partition coefficient (Wildman–Crippen LogP) is -0.159. The number of imide groups is 2. The molecule has 0 radical (unpaired) electrons. The van der Waals surface area contributed by atoms with E-state index in [-0.39, 0.29) is 37.4 Å². The van der Waals surface area contributed by atoms with E-state index in [1.54, 1.807) is 0 Å². The normalized spacial score (nSPS) is 32.5. The number of hydrogen-bond donors (Lipinski definition) is 1. The van der Waals surface area contributed by atoms with E-state index in [4.69, 9.17) is 0 Å². The van der Waals surface area contributed by atoms with Crippen LogP contribution in [0.15, 0.2) is 24.8 Å². The van der Waals surface area contributed by atoms with Crippen molar-refractivity contribution in [3.8, 4) is 0 Å². The van der Waals surface area contributed by atoms with Crippen LogP contribution in [0.25, 0.3) is 0 Å². The van der Waals surface area contributed by atoms with Gasteiger partial charge in [0.1, 0.15) is 12.7 Å². The second kappa shape index (κ2) is 7.66. The summed E-state index contributed by atoms with van der Waals surface area (Å²) in [7, 11) is 0. The van der Waals surface area contributed by atoms with E-state index in [2.05, 4.69) is 18.0 Å². The van der Waals surface area contributed by atoms with Crippen molar-refractivity contribution in [1.29, 1.82) is 0 Å². The Morgan fingerprint density at radius 1 is 1.13 bits per heavy atom. The summed E-state index contributed by atoms with van der Waals surface area (Å²) >= 11 is 0. The Balaban J connectivity index is 1.33. The smallest absolute Gasteiger partial charge is 0.335 e. The van der Waals surface area contributed by atoms with Crippen molar-refractivity contribution in [2.24, 2.45) is 17.8 Å². The molecule has 30 heavy (non-hydrogen) atoms. The summed E-state index contributed by atoms with van der Waals surface area (Å²) in [6, 6.07) is -1.74. The fourth-order valence-corrected chi connectivity index (χ4v) is 4.69. The van der Waals surface area contributed by atoms with Crippen LogP contribution >= 0.6 is 0 Å². The topological polar surface area (TPSA) is 107 Å². The molecule has 4 rings (SSSR count). The number of nitrogens with one attached hydrogen (secondary N) is 1. The summed E-state index contributed by atoms with van der Waals surface area (Å²) in [4.78, 5) is 63.6. The third-order valence-electron chi connectivity index (χ3n) is 6.28.